The highest BCUT2D eigenvalue weighted by atomic mass is 16.5. The molecule has 4 heteroatoms. The number of phenolic OH excluding ortho intramolecular Hbond substituents is 1. The normalized spacial score (nSPS) is 11.5. The van der Waals surface area contributed by atoms with E-state index in [1.54, 1.807) is 19.2 Å². The first-order chi connectivity index (χ1) is 11.2. The van der Waals surface area contributed by atoms with Gasteiger partial charge in [0, 0.05) is 22.9 Å². The molecule has 0 fully saturated rings. The van der Waals surface area contributed by atoms with Crippen LogP contribution in [0.1, 0.15) is 0 Å². The highest BCUT2D eigenvalue weighted by Gasteiger charge is 2.23. The first-order valence-corrected chi connectivity index (χ1v) is 7.27. The molecule has 0 bridgehead atoms. The van der Waals surface area contributed by atoms with E-state index >= 15 is 0 Å². The number of phenols is 1. The number of pyridine rings is 1. The molecule has 0 saturated heterocycles. The van der Waals surface area contributed by atoms with Crippen LogP contribution < -0.4 is 20.3 Å². The number of H-pyrrole nitrogens is 1. The summed E-state index contributed by atoms with van der Waals surface area (Å²) in [6.07, 6.45) is 0. The first kappa shape index (κ1) is 13.5. The maximum Gasteiger partial charge on any atom is 0.240 e. The van der Waals surface area contributed by atoms with Gasteiger partial charge in [0.1, 0.15) is 16.9 Å². The molecule has 0 radical (unpaired) electrons. The minimum atomic E-state index is 0.210. The van der Waals surface area contributed by atoms with Gasteiger partial charge in [-0.15, -0.1) is 0 Å². The summed E-state index contributed by atoms with van der Waals surface area (Å²) in [4.78, 5) is 8.00. The number of benzene rings is 2. The van der Waals surface area contributed by atoms with Crippen molar-refractivity contribution in [3.63, 3.8) is 0 Å². The molecule has 0 atom stereocenters. The number of hydrogen-bond acceptors (Lipinski definition) is 3. The number of ether oxygens (including phenoxy) is 1. The van der Waals surface area contributed by atoms with E-state index in [1.807, 2.05) is 36.4 Å². The van der Waals surface area contributed by atoms with Gasteiger partial charge in [-0.05, 0) is 36.4 Å². The molecular weight excluding hydrogens is 288 g/mol. The van der Waals surface area contributed by atoms with Crippen LogP contribution >= 0.6 is 0 Å². The Labute approximate surface area is 133 Å². The van der Waals surface area contributed by atoms with Crippen LogP contribution in [0.5, 0.6) is 11.5 Å². The molecule has 0 unspecified atom stereocenters. The minimum Gasteiger partial charge on any atom is -0.508 e. The van der Waals surface area contributed by atoms with Gasteiger partial charge < -0.3 is 9.84 Å². The molecule has 0 aliphatic carbocycles. The summed E-state index contributed by atoms with van der Waals surface area (Å²) in [5, 5.41) is 11.3. The molecule has 1 aromatic heterocycles. The molecule has 0 spiro atoms. The molecule has 23 heavy (non-hydrogen) atoms. The summed E-state index contributed by atoms with van der Waals surface area (Å²) in [6, 6.07) is 15.0. The lowest BCUT2D eigenvalue weighted by Crippen LogP contribution is -2.32. The average molecular weight is 303 g/mol. The number of nitrogens with zero attached hydrogens (tertiary/aromatic N) is 1. The van der Waals surface area contributed by atoms with Crippen molar-refractivity contribution < 1.29 is 14.8 Å². The lowest BCUT2D eigenvalue weighted by Gasteiger charge is -2.01. The predicted octanol–water partition coefficient (Wildman–Crippen LogP) is 2.22. The fraction of sp³-hybridized carbons (Fsp3) is 0.0526. The van der Waals surface area contributed by atoms with E-state index in [-0.39, 0.29) is 5.75 Å². The number of methoxy groups -OCH3 is 1. The minimum absolute atomic E-state index is 0.210. The first-order valence-electron chi connectivity index (χ1n) is 7.27. The van der Waals surface area contributed by atoms with Crippen molar-refractivity contribution in [2.75, 3.05) is 7.11 Å². The molecule has 1 aliphatic heterocycles. The van der Waals surface area contributed by atoms with Crippen molar-refractivity contribution in [2.45, 2.75) is 0 Å². The molecule has 2 heterocycles. The lowest BCUT2D eigenvalue weighted by molar-refractivity contribution is -0.352. The Hall–Kier alpha value is -3.14. The van der Waals surface area contributed by atoms with Gasteiger partial charge in [-0.1, -0.05) is 6.58 Å². The van der Waals surface area contributed by atoms with E-state index in [0.29, 0.717) is 0 Å². The van der Waals surface area contributed by atoms with Crippen LogP contribution in [0, 0.1) is 0 Å². The molecule has 112 valence electrons. The smallest absolute Gasteiger partial charge is 0.240 e. The average Bonchev–Trinajstić information content (AvgIpc) is 2.93. The fourth-order valence-electron chi connectivity index (χ4n) is 2.83. The van der Waals surface area contributed by atoms with Crippen LogP contribution in [0.25, 0.3) is 29.1 Å². The van der Waals surface area contributed by atoms with E-state index in [0.717, 1.165) is 44.5 Å². The number of aromatic amines is 1. The number of fused-ring (bicyclic) bond motifs is 3. The van der Waals surface area contributed by atoms with Gasteiger partial charge >= 0.3 is 0 Å². The van der Waals surface area contributed by atoms with Crippen molar-refractivity contribution in [1.29, 1.82) is 0 Å². The third-order valence-corrected chi connectivity index (χ3v) is 4.00. The van der Waals surface area contributed by atoms with E-state index in [4.69, 9.17) is 4.74 Å². The van der Waals surface area contributed by atoms with Crippen LogP contribution in [0.15, 0.2) is 53.5 Å². The zero-order valence-corrected chi connectivity index (χ0v) is 12.6. The number of hydrogen-bond donors (Lipinski definition) is 1. The second kappa shape index (κ2) is 4.95. The summed E-state index contributed by atoms with van der Waals surface area (Å²) >= 11 is 0. The Morgan fingerprint density at radius 3 is 2.61 bits per heavy atom. The maximum atomic E-state index is 9.63. The Balaban J connectivity index is 1.90. The van der Waals surface area contributed by atoms with Gasteiger partial charge in [0.25, 0.3) is 0 Å². The molecular formula is C19H15N2O2+. The Morgan fingerprint density at radius 1 is 1.09 bits per heavy atom. The lowest BCUT2D eigenvalue weighted by atomic mass is 10.1. The van der Waals surface area contributed by atoms with Crippen LogP contribution in [0.2, 0.25) is 0 Å². The second-order valence-electron chi connectivity index (χ2n) is 5.47. The van der Waals surface area contributed by atoms with Gasteiger partial charge in [0.05, 0.1) is 18.4 Å². The summed E-state index contributed by atoms with van der Waals surface area (Å²) in [5.74, 6) is 1.03. The molecule has 3 aromatic rings. The van der Waals surface area contributed by atoms with Gasteiger partial charge in [-0.3, -0.25) is 0 Å². The number of aromatic hydroxyl groups is 1. The molecule has 1 aliphatic rings. The van der Waals surface area contributed by atoms with Crippen molar-refractivity contribution in [1.82, 2.24) is 0 Å². The van der Waals surface area contributed by atoms with Crippen LogP contribution in [-0.4, -0.2) is 12.2 Å². The highest BCUT2D eigenvalue weighted by molar-refractivity contribution is 5.76. The number of aromatic nitrogens is 1. The Kier molecular flexibility index (Phi) is 2.91. The topological polar surface area (TPSA) is 56.0 Å². The largest absolute Gasteiger partial charge is 0.508 e. The molecule has 2 N–H and O–H groups in total. The third kappa shape index (κ3) is 2.16. The van der Waals surface area contributed by atoms with Crippen LogP contribution in [-0.2, 0) is 0 Å². The zero-order chi connectivity index (χ0) is 16.0. The van der Waals surface area contributed by atoms with Crippen LogP contribution in [0.4, 0.5) is 5.69 Å². The summed E-state index contributed by atoms with van der Waals surface area (Å²) in [7, 11) is 1.65. The Bertz CT molecular complexity index is 1020. The monoisotopic (exact) mass is 303 g/mol. The van der Waals surface area contributed by atoms with Gasteiger partial charge in [0.2, 0.25) is 11.4 Å². The standard InChI is InChI=1S/C19H14N2O2/c1-11-9-16(12-3-6-14(23-2)7-4-12)20-19-15-8-5-13(22)10-17(15)21-18(11)19/h3-10,22H,1H2,2H3/p+1. The summed E-state index contributed by atoms with van der Waals surface area (Å²) in [5.41, 5.74) is 4.67. The molecule has 4 nitrogen and oxygen atoms in total. The quantitative estimate of drug-likeness (QED) is 0.617. The highest BCUT2D eigenvalue weighted by Crippen LogP contribution is 2.33. The van der Waals surface area contributed by atoms with Gasteiger partial charge in [-0.25, -0.2) is 9.98 Å². The second-order valence-corrected chi connectivity index (χ2v) is 5.47. The van der Waals surface area contributed by atoms with Crippen molar-refractivity contribution in [2.24, 2.45) is 4.99 Å². The van der Waals surface area contributed by atoms with E-state index in [9.17, 15) is 5.11 Å². The molecule has 0 amide bonds. The number of nitrogens with one attached hydrogen (secondary N) is 1. The molecule has 0 saturated carbocycles. The predicted molar refractivity (Wildman–Crippen MR) is 88.0 cm³/mol. The van der Waals surface area contributed by atoms with E-state index in [1.165, 1.54) is 0 Å². The third-order valence-electron chi connectivity index (χ3n) is 4.00. The summed E-state index contributed by atoms with van der Waals surface area (Å²) < 4.78 is 5.20. The SMILES string of the molecule is C=c1cc(-c2ccc(OC)cc2)[nH+]c2c1=Nc1cc(O)ccc1-2. The van der Waals surface area contributed by atoms with E-state index < -0.39 is 0 Å². The summed E-state index contributed by atoms with van der Waals surface area (Å²) in [6.45, 7) is 4.12. The maximum absolute atomic E-state index is 9.63. The van der Waals surface area contributed by atoms with Crippen molar-refractivity contribution in [3.8, 4) is 34.0 Å². The van der Waals surface area contributed by atoms with E-state index in [2.05, 4.69) is 16.6 Å². The van der Waals surface area contributed by atoms with Crippen molar-refractivity contribution >= 4 is 12.3 Å². The van der Waals surface area contributed by atoms with Crippen LogP contribution in [0.3, 0.4) is 0 Å². The molecule has 4 rings (SSSR count). The fourth-order valence-corrected chi connectivity index (χ4v) is 2.83. The Morgan fingerprint density at radius 2 is 1.87 bits per heavy atom. The van der Waals surface area contributed by atoms with Gasteiger partial charge in [0.15, 0.2) is 0 Å². The number of rotatable bonds is 2. The van der Waals surface area contributed by atoms with Crippen molar-refractivity contribution in [3.05, 3.63) is 59.1 Å². The zero-order valence-electron chi connectivity index (χ0n) is 12.6. The van der Waals surface area contributed by atoms with Gasteiger partial charge in [-0.2, -0.15) is 0 Å². The molecule has 2 aromatic carbocycles.